The summed E-state index contributed by atoms with van der Waals surface area (Å²) in [6, 6.07) is 5.00. The van der Waals surface area contributed by atoms with E-state index < -0.39 is 17.9 Å². The van der Waals surface area contributed by atoms with Crippen molar-refractivity contribution >= 4 is 11.8 Å². The Balaban J connectivity index is 2.76. The van der Waals surface area contributed by atoms with Gasteiger partial charge in [-0.1, -0.05) is 12.1 Å². The molecule has 15 heavy (non-hydrogen) atoms. The van der Waals surface area contributed by atoms with E-state index in [0.717, 1.165) is 0 Å². The highest BCUT2D eigenvalue weighted by Crippen LogP contribution is 2.14. The minimum Gasteiger partial charge on any atom is -0.508 e. The Kier molecular flexibility index (Phi) is 3.41. The van der Waals surface area contributed by atoms with Crippen LogP contribution >= 0.6 is 0 Å². The van der Waals surface area contributed by atoms with Gasteiger partial charge in [0.2, 0.25) is 11.8 Å². The van der Waals surface area contributed by atoms with Crippen molar-refractivity contribution in [2.45, 2.75) is 13.0 Å². The van der Waals surface area contributed by atoms with Crippen LogP contribution in [0, 0.1) is 0 Å². The minimum atomic E-state index is -0.908. The Morgan fingerprint density at radius 2 is 1.87 bits per heavy atom. The van der Waals surface area contributed by atoms with Gasteiger partial charge in [-0.05, 0) is 17.7 Å². The van der Waals surface area contributed by atoms with Crippen LogP contribution in [0.1, 0.15) is 18.5 Å². The molecule has 0 unspecified atom stereocenters. The number of hydrogen-bond acceptors (Lipinski definition) is 4. The average Bonchev–Trinajstić information content (AvgIpc) is 2.17. The molecule has 1 aromatic rings. The maximum absolute atomic E-state index is 11.3. The standard InChI is InChI=1S/C10H12N2O3/c1-6(13)12-10(15)9(11)7-2-4-8(14)5-3-7/h2-5,9,14H,11H2,1H3,(H,12,13,15)/t9-/m0/s1. The zero-order valence-electron chi connectivity index (χ0n) is 8.23. The number of imide groups is 1. The maximum atomic E-state index is 11.3. The highest BCUT2D eigenvalue weighted by atomic mass is 16.3. The molecule has 1 rings (SSSR count). The number of carbonyl (C=O) groups excluding carboxylic acids is 2. The van der Waals surface area contributed by atoms with Crippen LogP contribution in [-0.2, 0) is 9.59 Å². The fraction of sp³-hybridized carbons (Fsp3) is 0.200. The Bertz CT molecular complexity index is 373. The molecule has 0 heterocycles. The molecule has 0 bridgehead atoms. The maximum Gasteiger partial charge on any atom is 0.248 e. The van der Waals surface area contributed by atoms with Gasteiger partial charge in [0.25, 0.3) is 0 Å². The summed E-state index contributed by atoms with van der Waals surface area (Å²) >= 11 is 0. The highest BCUT2D eigenvalue weighted by Gasteiger charge is 2.16. The minimum absolute atomic E-state index is 0.0953. The molecule has 0 saturated heterocycles. The number of carbonyl (C=O) groups is 2. The molecule has 0 aliphatic heterocycles. The molecule has 5 heteroatoms. The molecule has 80 valence electrons. The number of amides is 2. The first-order valence-electron chi connectivity index (χ1n) is 4.36. The largest absolute Gasteiger partial charge is 0.508 e. The molecule has 0 saturated carbocycles. The van der Waals surface area contributed by atoms with Crippen molar-refractivity contribution in [2.24, 2.45) is 5.73 Å². The molecule has 1 aromatic carbocycles. The summed E-state index contributed by atoms with van der Waals surface area (Å²) < 4.78 is 0. The fourth-order valence-electron chi connectivity index (χ4n) is 1.08. The van der Waals surface area contributed by atoms with Gasteiger partial charge in [-0.15, -0.1) is 0 Å². The van der Waals surface area contributed by atoms with Crippen LogP contribution in [0.15, 0.2) is 24.3 Å². The summed E-state index contributed by atoms with van der Waals surface area (Å²) in [5.74, 6) is -0.916. The van der Waals surface area contributed by atoms with Crippen molar-refractivity contribution in [1.82, 2.24) is 5.32 Å². The van der Waals surface area contributed by atoms with Crippen molar-refractivity contribution in [3.05, 3.63) is 29.8 Å². The van der Waals surface area contributed by atoms with Crippen molar-refractivity contribution < 1.29 is 14.7 Å². The molecule has 0 radical (unpaired) electrons. The van der Waals surface area contributed by atoms with E-state index in [4.69, 9.17) is 10.8 Å². The van der Waals surface area contributed by atoms with Crippen LogP contribution in [0.2, 0.25) is 0 Å². The number of nitrogens with two attached hydrogens (primary N) is 1. The van der Waals surface area contributed by atoms with E-state index in [-0.39, 0.29) is 5.75 Å². The third kappa shape index (κ3) is 3.07. The van der Waals surface area contributed by atoms with Crippen LogP contribution < -0.4 is 11.1 Å². The molecule has 5 nitrogen and oxygen atoms in total. The molecule has 2 amide bonds. The van der Waals surface area contributed by atoms with E-state index in [0.29, 0.717) is 5.56 Å². The van der Waals surface area contributed by atoms with Crippen molar-refractivity contribution in [3.8, 4) is 5.75 Å². The zero-order valence-corrected chi connectivity index (χ0v) is 8.23. The molecular formula is C10H12N2O3. The second-order valence-electron chi connectivity index (χ2n) is 3.11. The van der Waals surface area contributed by atoms with Gasteiger partial charge in [0.05, 0.1) is 0 Å². The second kappa shape index (κ2) is 4.56. The van der Waals surface area contributed by atoms with Crippen LogP contribution in [0.4, 0.5) is 0 Å². The normalized spacial score (nSPS) is 11.9. The quantitative estimate of drug-likeness (QED) is 0.640. The topological polar surface area (TPSA) is 92.4 Å². The smallest absolute Gasteiger partial charge is 0.248 e. The molecule has 0 aliphatic carbocycles. The molecular weight excluding hydrogens is 196 g/mol. The number of aromatic hydroxyl groups is 1. The fourth-order valence-corrected chi connectivity index (χ4v) is 1.08. The van der Waals surface area contributed by atoms with Crippen molar-refractivity contribution in [2.75, 3.05) is 0 Å². The molecule has 4 N–H and O–H groups in total. The summed E-state index contributed by atoms with van der Waals surface area (Å²) in [6.45, 7) is 1.24. The molecule has 0 fully saturated rings. The van der Waals surface area contributed by atoms with Gasteiger partial charge in [0.1, 0.15) is 11.8 Å². The number of hydrogen-bond donors (Lipinski definition) is 3. The van der Waals surface area contributed by atoms with E-state index in [2.05, 4.69) is 5.32 Å². The van der Waals surface area contributed by atoms with Crippen molar-refractivity contribution in [1.29, 1.82) is 0 Å². The van der Waals surface area contributed by atoms with Crippen LogP contribution in [-0.4, -0.2) is 16.9 Å². The predicted octanol–water partition coefficient (Wildman–Crippen LogP) is 0.0547. The Morgan fingerprint density at radius 1 is 1.33 bits per heavy atom. The molecule has 0 aliphatic rings. The van der Waals surface area contributed by atoms with Gasteiger partial charge < -0.3 is 10.8 Å². The lowest BCUT2D eigenvalue weighted by atomic mass is 10.1. The molecule has 0 spiro atoms. The van der Waals surface area contributed by atoms with Gasteiger partial charge in [-0.25, -0.2) is 0 Å². The lowest BCUT2D eigenvalue weighted by Gasteiger charge is -2.10. The SMILES string of the molecule is CC(=O)NC(=O)[C@@H](N)c1ccc(O)cc1. The van der Waals surface area contributed by atoms with E-state index in [1.165, 1.54) is 31.2 Å². The van der Waals surface area contributed by atoms with Crippen LogP contribution in [0.5, 0.6) is 5.75 Å². The van der Waals surface area contributed by atoms with Crippen molar-refractivity contribution in [3.63, 3.8) is 0 Å². The second-order valence-corrected chi connectivity index (χ2v) is 3.11. The van der Waals surface area contributed by atoms with Gasteiger partial charge >= 0.3 is 0 Å². The predicted molar refractivity (Wildman–Crippen MR) is 53.9 cm³/mol. The van der Waals surface area contributed by atoms with E-state index in [1.807, 2.05) is 0 Å². The summed E-state index contributed by atoms with van der Waals surface area (Å²) in [6.07, 6.45) is 0. The van der Waals surface area contributed by atoms with Gasteiger partial charge in [-0.3, -0.25) is 14.9 Å². The summed E-state index contributed by atoms with van der Waals surface area (Å²) in [7, 11) is 0. The Morgan fingerprint density at radius 3 is 2.33 bits per heavy atom. The average molecular weight is 208 g/mol. The third-order valence-corrected chi connectivity index (χ3v) is 1.83. The van der Waals surface area contributed by atoms with Gasteiger partial charge in [-0.2, -0.15) is 0 Å². The first-order valence-corrected chi connectivity index (χ1v) is 4.36. The number of benzene rings is 1. The third-order valence-electron chi connectivity index (χ3n) is 1.83. The number of nitrogens with one attached hydrogen (secondary N) is 1. The summed E-state index contributed by atoms with van der Waals surface area (Å²) in [5.41, 5.74) is 6.12. The molecule has 0 aromatic heterocycles. The summed E-state index contributed by atoms with van der Waals surface area (Å²) in [4.78, 5) is 21.9. The summed E-state index contributed by atoms with van der Waals surface area (Å²) in [5, 5.41) is 11.1. The first-order chi connectivity index (χ1) is 7.00. The lowest BCUT2D eigenvalue weighted by Crippen LogP contribution is -2.36. The Labute approximate surface area is 86.9 Å². The van der Waals surface area contributed by atoms with Gasteiger partial charge in [0.15, 0.2) is 0 Å². The first kappa shape index (κ1) is 11.2. The zero-order chi connectivity index (χ0) is 11.4. The van der Waals surface area contributed by atoms with E-state index in [1.54, 1.807) is 0 Å². The lowest BCUT2D eigenvalue weighted by molar-refractivity contribution is -0.130. The number of phenols is 1. The highest BCUT2D eigenvalue weighted by molar-refractivity contribution is 5.97. The Hall–Kier alpha value is -1.88. The van der Waals surface area contributed by atoms with Gasteiger partial charge in [0, 0.05) is 6.92 Å². The number of phenolic OH excluding ortho intramolecular Hbond substituents is 1. The van der Waals surface area contributed by atoms with E-state index in [9.17, 15) is 9.59 Å². The number of rotatable bonds is 2. The van der Waals surface area contributed by atoms with E-state index >= 15 is 0 Å². The van der Waals surface area contributed by atoms with Crippen LogP contribution in [0.3, 0.4) is 0 Å². The monoisotopic (exact) mass is 208 g/mol. The van der Waals surface area contributed by atoms with Crippen LogP contribution in [0.25, 0.3) is 0 Å². The molecule has 1 atom stereocenters.